The Bertz CT molecular complexity index is 339. The number of hydrogen-bond acceptors (Lipinski definition) is 3. The summed E-state index contributed by atoms with van der Waals surface area (Å²) in [5, 5.41) is 6.61. The Hall–Kier alpha value is -1.30. The molecule has 0 bridgehead atoms. The summed E-state index contributed by atoms with van der Waals surface area (Å²) in [6.45, 7) is 5.95. The Morgan fingerprint density at radius 2 is 2.19 bits per heavy atom. The number of rotatable bonds is 6. The van der Waals surface area contributed by atoms with E-state index in [1.54, 1.807) is 19.0 Å². The van der Waals surface area contributed by atoms with Crippen molar-refractivity contribution in [3.05, 3.63) is 0 Å². The molecule has 0 aromatic heterocycles. The number of carbonyl (C=O) groups is 1. The van der Waals surface area contributed by atoms with E-state index in [0.717, 1.165) is 32.4 Å². The molecule has 1 heterocycles. The van der Waals surface area contributed by atoms with Crippen LogP contribution >= 0.6 is 0 Å². The molecule has 0 aromatic rings. The van der Waals surface area contributed by atoms with Crippen molar-refractivity contribution >= 4 is 11.9 Å². The molecule has 2 N–H and O–H groups in total. The van der Waals surface area contributed by atoms with Crippen LogP contribution in [0.4, 0.5) is 0 Å². The number of aliphatic imine (C=N–C) groups is 1. The lowest BCUT2D eigenvalue weighted by atomic mass is 10.1. The van der Waals surface area contributed by atoms with Crippen molar-refractivity contribution in [3.63, 3.8) is 0 Å². The number of amides is 1. The quantitative estimate of drug-likeness (QED) is 0.567. The predicted molar refractivity (Wildman–Crippen MR) is 85.5 cm³/mol. The molecule has 21 heavy (non-hydrogen) atoms. The van der Waals surface area contributed by atoms with Crippen LogP contribution in [0, 0.1) is 0 Å². The fraction of sp³-hybridized carbons (Fsp3) is 0.867. The molecule has 0 saturated carbocycles. The summed E-state index contributed by atoms with van der Waals surface area (Å²) < 4.78 is 5.70. The Morgan fingerprint density at radius 3 is 2.76 bits per heavy atom. The third-order valence-electron chi connectivity index (χ3n) is 3.64. The van der Waals surface area contributed by atoms with Gasteiger partial charge < -0.3 is 20.3 Å². The molecule has 1 aliphatic heterocycles. The van der Waals surface area contributed by atoms with Gasteiger partial charge in [0.1, 0.15) is 6.54 Å². The predicted octanol–water partition coefficient (Wildman–Crippen LogP) is 0.977. The largest absolute Gasteiger partial charge is 0.376 e. The van der Waals surface area contributed by atoms with Gasteiger partial charge in [0, 0.05) is 33.3 Å². The highest BCUT2D eigenvalue weighted by Crippen LogP contribution is 2.11. The molecular weight excluding hydrogens is 268 g/mol. The van der Waals surface area contributed by atoms with Crippen LogP contribution in [0.15, 0.2) is 4.99 Å². The van der Waals surface area contributed by atoms with E-state index >= 15 is 0 Å². The number of nitrogens with zero attached hydrogens (tertiary/aromatic N) is 2. The zero-order valence-corrected chi connectivity index (χ0v) is 13.8. The van der Waals surface area contributed by atoms with Gasteiger partial charge in [-0.15, -0.1) is 0 Å². The number of nitrogens with one attached hydrogen (secondary N) is 2. The number of guanidine groups is 1. The van der Waals surface area contributed by atoms with Gasteiger partial charge in [-0.1, -0.05) is 6.92 Å². The summed E-state index contributed by atoms with van der Waals surface area (Å²) in [4.78, 5) is 17.6. The third kappa shape index (κ3) is 7.32. The molecule has 6 nitrogen and oxygen atoms in total. The second kappa shape index (κ2) is 9.60. The first kappa shape index (κ1) is 17.8. The Kier molecular flexibility index (Phi) is 8.12. The summed E-state index contributed by atoms with van der Waals surface area (Å²) in [5.41, 5.74) is 0. The van der Waals surface area contributed by atoms with E-state index < -0.39 is 0 Å². The summed E-state index contributed by atoms with van der Waals surface area (Å²) in [6.07, 6.45) is 4.70. The van der Waals surface area contributed by atoms with Gasteiger partial charge in [-0.3, -0.25) is 4.79 Å². The molecule has 6 heteroatoms. The van der Waals surface area contributed by atoms with E-state index in [1.165, 1.54) is 6.42 Å². The highest BCUT2D eigenvalue weighted by molar-refractivity contribution is 5.84. The van der Waals surface area contributed by atoms with Gasteiger partial charge in [-0.2, -0.15) is 0 Å². The SMILES string of the molecule is CCC(C)NC(=NCC(=O)N(C)C)NCC1CCCCO1. The fourth-order valence-electron chi connectivity index (χ4n) is 1.96. The average molecular weight is 298 g/mol. The van der Waals surface area contributed by atoms with Gasteiger partial charge in [0.05, 0.1) is 6.10 Å². The van der Waals surface area contributed by atoms with Gasteiger partial charge in [0.2, 0.25) is 5.91 Å². The summed E-state index contributed by atoms with van der Waals surface area (Å²) >= 11 is 0. The molecule has 2 unspecified atom stereocenters. The van der Waals surface area contributed by atoms with Crippen LogP contribution in [0.2, 0.25) is 0 Å². The lowest BCUT2D eigenvalue weighted by Gasteiger charge is -2.24. The molecule has 0 aromatic carbocycles. The average Bonchev–Trinajstić information content (AvgIpc) is 2.50. The third-order valence-corrected chi connectivity index (χ3v) is 3.64. The molecule has 1 rings (SSSR count). The highest BCUT2D eigenvalue weighted by atomic mass is 16.5. The fourth-order valence-corrected chi connectivity index (χ4v) is 1.96. The summed E-state index contributed by atoms with van der Waals surface area (Å²) in [5.74, 6) is 0.683. The van der Waals surface area contributed by atoms with Crippen LogP contribution < -0.4 is 10.6 Å². The number of ether oxygens (including phenoxy) is 1. The maximum Gasteiger partial charge on any atom is 0.243 e. The zero-order chi connectivity index (χ0) is 15.7. The Labute approximate surface area is 128 Å². The molecular formula is C15H30N4O2. The second-order valence-electron chi connectivity index (χ2n) is 5.78. The molecule has 0 spiro atoms. The monoisotopic (exact) mass is 298 g/mol. The minimum absolute atomic E-state index is 0.00540. The van der Waals surface area contributed by atoms with Gasteiger partial charge in [0.15, 0.2) is 5.96 Å². The first-order valence-corrected chi connectivity index (χ1v) is 7.89. The highest BCUT2D eigenvalue weighted by Gasteiger charge is 2.15. The minimum atomic E-state index is -0.00540. The van der Waals surface area contributed by atoms with Crippen LogP contribution in [0.1, 0.15) is 39.5 Å². The van der Waals surface area contributed by atoms with Crippen LogP contribution in [-0.2, 0) is 9.53 Å². The standard InChI is InChI=1S/C15H30N4O2/c1-5-12(2)18-15(17-11-14(20)19(3)4)16-10-13-8-6-7-9-21-13/h12-13H,5-11H2,1-4H3,(H2,16,17,18). The molecule has 1 amide bonds. The van der Waals surface area contributed by atoms with Crippen LogP contribution in [0.5, 0.6) is 0 Å². The van der Waals surface area contributed by atoms with Gasteiger partial charge in [0.25, 0.3) is 0 Å². The number of carbonyl (C=O) groups excluding carboxylic acids is 1. The summed E-state index contributed by atoms with van der Waals surface area (Å²) in [6, 6.07) is 0.318. The molecule has 0 aliphatic carbocycles. The maximum atomic E-state index is 11.6. The van der Waals surface area contributed by atoms with E-state index in [-0.39, 0.29) is 18.6 Å². The van der Waals surface area contributed by atoms with Gasteiger partial charge in [-0.05, 0) is 32.6 Å². The van der Waals surface area contributed by atoms with Crippen molar-refractivity contribution in [1.29, 1.82) is 0 Å². The Morgan fingerprint density at radius 1 is 1.43 bits per heavy atom. The van der Waals surface area contributed by atoms with Gasteiger partial charge in [-0.25, -0.2) is 4.99 Å². The first-order chi connectivity index (χ1) is 10.0. The zero-order valence-electron chi connectivity index (χ0n) is 13.8. The smallest absolute Gasteiger partial charge is 0.243 e. The minimum Gasteiger partial charge on any atom is -0.376 e. The lowest BCUT2D eigenvalue weighted by molar-refractivity contribution is -0.127. The Balaban J connectivity index is 2.50. The normalized spacial score (nSPS) is 20.8. The summed E-state index contributed by atoms with van der Waals surface area (Å²) in [7, 11) is 3.48. The van der Waals surface area contributed by atoms with Crippen LogP contribution in [0.3, 0.4) is 0 Å². The van der Waals surface area contributed by atoms with E-state index in [2.05, 4.69) is 29.5 Å². The topological polar surface area (TPSA) is 66.0 Å². The van der Waals surface area contributed by atoms with Crippen molar-refractivity contribution in [2.45, 2.75) is 51.7 Å². The van der Waals surface area contributed by atoms with Crippen molar-refractivity contribution < 1.29 is 9.53 Å². The molecule has 1 aliphatic rings. The van der Waals surface area contributed by atoms with Crippen LogP contribution in [-0.4, -0.2) is 62.7 Å². The van der Waals surface area contributed by atoms with E-state index in [4.69, 9.17) is 4.74 Å². The first-order valence-electron chi connectivity index (χ1n) is 7.89. The number of hydrogen-bond donors (Lipinski definition) is 2. The van der Waals surface area contributed by atoms with E-state index in [1.807, 2.05) is 0 Å². The second-order valence-corrected chi connectivity index (χ2v) is 5.78. The molecule has 0 radical (unpaired) electrons. The van der Waals surface area contributed by atoms with Crippen molar-refractivity contribution in [2.75, 3.05) is 33.8 Å². The lowest BCUT2D eigenvalue weighted by Crippen LogP contribution is -2.46. The van der Waals surface area contributed by atoms with Crippen molar-refractivity contribution in [1.82, 2.24) is 15.5 Å². The number of likely N-dealkylation sites (N-methyl/N-ethyl adjacent to an activating group) is 1. The molecule has 122 valence electrons. The molecule has 1 saturated heterocycles. The van der Waals surface area contributed by atoms with Crippen LogP contribution in [0.25, 0.3) is 0 Å². The van der Waals surface area contributed by atoms with E-state index in [9.17, 15) is 4.79 Å². The van der Waals surface area contributed by atoms with Crippen molar-refractivity contribution in [2.24, 2.45) is 4.99 Å². The van der Waals surface area contributed by atoms with Crippen molar-refractivity contribution in [3.8, 4) is 0 Å². The van der Waals surface area contributed by atoms with E-state index in [0.29, 0.717) is 12.0 Å². The molecule has 1 fully saturated rings. The maximum absolute atomic E-state index is 11.6. The molecule has 2 atom stereocenters. The van der Waals surface area contributed by atoms with Gasteiger partial charge >= 0.3 is 0 Å².